The van der Waals surface area contributed by atoms with Gasteiger partial charge in [-0.15, -0.1) is 11.3 Å². The van der Waals surface area contributed by atoms with Gasteiger partial charge in [-0.05, 0) is 50.8 Å². The molecule has 0 aliphatic rings. The van der Waals surface area contributed by atoms with Gasteiger partial charge in [0.2, 0.25) is 0 Å². The summed E-state index contributed by atoms with van der Waals surface area (Å²) in [6, 6.07) is 4.84. The molecule has 18 heavy (non-hydrogen) atoms. The van der Waals surface area contributed by atoms with Crippen molar-refractivity contribution in [1.82, 2.24) is 5.32 Å². The number of aryl methyl sites for hydroxylation is 1. The molecule has 0 radical (unpaired) electrons. The highest BCUT2D eigenvalue weighted by Crippen LogP contribution is 2.16. The van der Waals surface area contributed by atoms with E-state index < -0.39 is 0 Å². The first-order chi connectivity index (χ1) is 8.61. The first-order valence-electron chi connectivity index (χ1n) is 7.15. The predicted octanol–water partition coefficient (Wildman–Crippen LogP) is 3.55. The normalized spacial score (nSPS) is 14.7. The van der Waals surface area contributed by atoms with E-state index in [9.17, 15) is 0 Å². The van der Waals surface area contributed by atoms with Crippen molar-refractivity contribution in [2.24, 2.45) is 11.7 Å². The summed E-state index contributed by atoms with van der Waals surface area (Å²) in [6.45, 7) is 8.75. The first-order valence-corrected chi connectivity index (χ1v) is 7.97. The second kappa shape index (κ2) is 8.68. The average Bonchev–Trinajstić information content (AvgIpc) is 2.76. The second-order valence-corrected chi connectivity index (χ2v) is 6.62. The van der Waals surface area contributed by atoms with Gasteiger partial charge in [0.05, 0.1) is 0 Å². The Hall–Kier alpha value is -0.380. The van der Waals surface area contributed by atoms with Crippen molar-refractivity contribution in [2.45, 2.75) is 59.0 Å². The molecule has 0 aromatic carbocycles. The molecule has 104 valence electrons. The topological polar surface area (TPSA) is 38.0 Å². The Kier molecular flexibility index (Phi) is 7.56. The van der Waals surface area contributed by atoms with Crippen molar-refractivity contribution in [2.75, 3.05) is 6.54 Å². The van der Waals surface area contributed by atoms with Crippen molar-refractivity contribution in [3.8, 4) is 0 Å². The predicted molar refractivity (Wildman–Crippen MR) is 82.1 cm³/mol. The smallest absolute Gasteiger partial charge is 0.0299 e. The van der Waals surface area contributed by atoms with Gasteiger partial charge in [-0.2, -0.15) is 0 Å². The van der Waals surface area contributed by atoms with Crippen molar-refractivity contribution in [3.05, 3.63) is 21.9 Å². The van der Waals surface area contributed by atoms with Crippen LogP contribution in [0.1, 0.15) is 49.8 Å². The van der Waals surface area contributed by atoms with Crippen LogP contribution >= 0.6 is 11.3 Å². The van der Waals surface area contributed by atoms with Crippen molar-refractivity contribution in [3.63, 3.8) is 0 Å². The zero-order valence-electron chi connectivity index (χ0n) is 12.0. The molecule has 0 aliphatic carbocycles. The van der Waals surface area contributed by atoms with Gasteiger partial charge in [0, 0.05) is 22.3 Å². The maximum Gasteiger partial charge on any atom is 0.0299 e. The Bertz CT molecular complexity index is 320. The van der Waals surface area contributed by atoms with E-state index in [0.717, 1.165) is 31.8 Å². The summed E-state index contributed by atoms with van der Waals surface area (Å²) in [6.07, 6.45) is 4.83. The van der Waals surface area contributed by atoms with Gasteiger partial charge in [-0.25, -0.2) is 0 Å². The molecule has 0 saturated carbocycles. The van der Waals surface area contributed by atoms with Crippen LogP contribution in [0.25, 0.3) is 0 Å². The van der Waals surface area contributed by atoms with Crippen LogP contribution < -0.4 is 11.1 Å². The van der Waals surface area contributed by atoms with Crippen LogP contribution in [0.15, 0.2) is 12.1 Å². The molecule has 0 saturated heterocycles. The summed E-state index contributed by atoms with van der Waals surface area (Å²) in [5, 5.41) is 3.56. The van der Waals surface area contributed by atoms with E-state index in [4.69, 9.17) is 5.73 Å². The quantitative estimate of drug-likeness (QED) is 0.719. The van der Waals surface area contributed by atoms with Crippen LogP contribution in [0, 0.1) is 5.92 Å². The number of nitrogens with two attached hydrogens (primary N) is 1. The lowest BCUT2D eigenvalue weighted by Crippen LogP contribution is -2.21. The third-order valence-corrected chi connectivity index (χ3v) is 4.44. The van der Waals surface area contributed by atoms with Crippen molar-refractivity contribution < 1.29 is 0 Å². The Labute approximate surface area is 116 Å². The highest BCUT2D eigenvalue weighted by atomic mass is 32.1. The molecule has 0 amide bonds. The van der Waals surface area contributed by atoms with Crippen molar-refractivity contribution >= 4 is 11.3 Å². The number of hydrogen-bond donors (Lipinski definition) is 2. The Balaban J connectivity index is 2.09. The first kappa shape index (κ1) is 15.7. The van der Waals surface area contributed by atoms with Gasteiger partial charge in [-0.1, -0.05) is 20.3 Å². The second-order valence-electron chi connectivity index (χ2n) is 5.37. The molecule has 0 bridgehead atoms. The molecule has 3 heteroatoms. The van der Waals surface area contributed by atoms with E-state index in [2.05, 4.69) is 38.2 Å². The van der Waals surface area contributed by atoms with Gasteiger partial charge < -0.3 is 11.1 Å². The highest BCUT2D eigenvalue weighted by Gasteiger charge is 2.04. The molecule has 1 aromatic heterocycles. The maximum absolute atomic E-state index is 5.76. The molecule has 0 spiro atoms. The zero-order valence-corrected chi connectivity index (χ0v) is 12.9. The van der Waals surface area contributed by atoms with E-state index in [1.54, 1.807) is 0 Å². The molecule has 2 unspecified atom stereocenters. The largest absolute Gasteiger partial charge is 0.328 e. The van der Waals surface area contributed by atoms with Crippen LogP contribution in [-0.2, 0) is 13.0 Å². The summed E-state index contributed by atoms with van der Waals surface area (Å²) < 4.78 is 0. The Morgan fingerprint density at radius 1 is 1.22 bits per heavy atom. The summed E-state index contributed by atoms with van der Waals surface area (Å²) in [7, 11) is 0. The average molecular weight is 268 g/mol. The van der Waals surface area contributed by atoms with Gasteiger partial charge in [0.15, 0.2) is 0 Å². The lowest BCUT2D eigenvalue weighted by atomic mass is 10.0. The van der Waals surface area contributed by atoms with Gasteiger partial charge in [-0.3, -0.25) is 0 Å². The molecular formula is C15H28N2S. The molecule has 0 aliphatic heterocycles. The molecule has 1 rings (SSSR count). The zero-order chi connectivity index (χ0) is 13.4. The SMILES string of the molecule is CCc1ccc(CNCC(C)CCCC(C)N)s1. The van der Waals surface area contributed by atoms with E-state index in [1.165, 1.54) is 22.6 Å². The van der Waals surface area contributed by atoms with Crippen molar-refractivity contribution in [1.29, 1.82) is 0 Å². The van der Waals surface area contributed by atoms with Gasteiger partial charge in [0.25, 0.3) is 0 Å². The lowest BCUT2D eigenvalue weighted by molar-refractivity contribution is 0.449. The van der Waals surface area contributed by atoms with Crippen LogP contribution in [0.5, 0.6) is 0 Å². The number of thiophene rings is 1. The standard InChI is InChI=1S/C15H28N2S/c1-4-14-8-9-15(18-14)11-17-10-12(2)6-5-7-13(3)16/h8-9,12-13,17H,4-7,10-11,16H2,1-3H3. The number of rotatable bonds is 9. The summed E-state index contributed by atoms with van der Waals surface area (Å²) in [5.74, 6) is 0.745. The monoisotopic (exact) mass is 268 g/mol. The molecule has 3 N–H and O–H groups in total. The molecule has 0 fully saturated rings. The van der Waals surface area contributed by atoms with Gasteiger partial charge in [0.1, 0.15) is 0 Å². The molecular weight excluding hydrogens is 240 g/mol. The lowest BCUT2D eigenvalue weighted by Gasteiger charge is -2.12. The fourth-order valence-electron chi connectivity index (χ4n) is 2.04. The van der Waals surface area contributed by atoms with Crippen LogP contribution in [0.3, 0.4) is 0 Å². The fraction of sp³-hybridized carbons (Fsp3) is 0.733. The van der Waals surface area contributed by atoms with Crippen LogP contribution in [-0.4, -0.2) is 12.6 Å². The Morgan fingerprint density at radius 2 is 1.94 bits per heavy atom. The fourth-order valence-corrected chi connectivity index (χ4v) is 2.97. The summed E-state index contributed by atoms with van der Waals surface area (Å²) >= 11 is 1.93. The van der Waals surface area contributed by atoms with E-state index >= 15 is 0 Å². The summed E-state index contributed by atoms with van der Waals surface area (Å²) in [4.78, 5) is 2.94. The molecule has 1 heterocycles. The number of nitrogens with one attached hydrogen (secondary N) is 1. The third-order valence-electron chi connectivity index (χ3n) is 3.21. The van der Waals surface area contributed by atoms with E-state index in [0.29, 0.717) is 6.04 Å². The minimum absolute atomic E-state index is 0.351. The van der Waals surface area contributed by atoms with Crippen LogP contribution in [0.4, 0.5) is 0 Å². The van der Waals surface area contributed by atoms with Crippen LogP contribution in [0.2, 0.25) is 0 Å². The minimum atomic E-state index is 0.351. The third kappa shape index (κ3) is 6.53. The van der Waals surface area contributed by atoms with E-state index in [-0.39, 0.29) is 0 Å². The molecule has 2 nitrogen and oxygen atoms in total. The number of hydrogen-bond acceptors (Lipinski definition) is 3. The maximum atomic E-state index is 5.76. The van der Waals surface area contributed by atoms with Gasteiger partial charge >= 0.3 is 0 Å². The van der Waals surface area contributed by atoms with E-state index in [1.807, 2.05) is 11.3 Å². The molecule has 1 aromatic rings. The minimum Gasteiger partial charge on any atom is -0.328 e. The Morgan fingerprint density at radius 3 is 2.56 bits per heavy atom. The molecule has 2 atom stereocenters. The summed E-state index contributed by atoms with van der Waals surface area (Å²) in [5.41, 5.74) is 5.76. The highest BCUT2D eigenvalue weighted by molar-refractivity contribution is 7.11.